The second-order valence-electron chi connectivity index (χ2n) is 10.7. The van der Waals surface area contributed by atoms with Crippen LogP contribution in [-0.4, -0.2) is 60.7 Å². The molecule has 1 saturated heterocycles. The minimum atomic E-state index is -3.76. The van der Waals surface area contributed by atoms with Crippen molar-refractivity contribution in [2.75, 3.05) is 20.2 Å². The average Bonchev–Trinajstić information content (AvgIpc) is 3.38. The highest BCUT2D eigenvalue weighted by Gasteiger charge is 2.40. The van der Waals surface area contributed by atoms with Gasteiger partial charge in [0.2, 0.25) is 0 Å². The van der Waals surface area contributed by atoms with Gasteiger partial charge in [-0.15, -0.1) is 0 Å². The van der Waals surface area contributed by atoms with Crippen molar-refractivity contribution in [3.8, 4) is 11.5 Å². The number of pyridine rings is 1. The third-order valence-corrected chi connectivity index (χ3v) is 9.91. The third-order valence-electron chi connectivity index (χ3n) is 8.01. The molecule has 208 valence electrons. The zero-order valence-corrected chi connectivity index (χ0v) is 23.4. The van der Waals surface area contributed by atoms with Crippen molar-refractivity contribution in [1.29, 1.82) is 0 Å². The molecule has 1 amide bonds. The standard InChI is InChI=1S/C28H34N4O6S/c1-19-16-23(36-3)17-20(2)25(19)39(34,35)18-24-30-26(38-31-24)27(33)32-14-10-28(11-15-32)8-4-21(5-9-28)37-22-6-12-29-13-7-22/h6-7,12-13,16-17,21H,4-5,8-11,14-15,18H2,1-3H3. The number of carbonyl (C=O) groups is 1. The van der Waals surface area contributed by atoms with Crippen molar-refractivity contribution in [2.24, 2.45) is 5.41 Å². The Balaban J connectivity index is 1.16. The summed E-state index contributed by atoms with van der Waals surface area (Å²) >= 11 is 0. The molecule has 1 spiro atoms. The van der Waals surface area contributed by atoms with E-state index in [0.717, 1.165) is 44.3 Å². The SMILES string of the molecule is COc1cc(C)c(S(=O)(=O)Cc2noc(C(=O)N3CCC4(CCC(Oc5ccncc5)CC4)CC3)n2)c(C)c1. The molecule has 2 aromatic heterocycles. The van der Waals surface area contributed by atoms with E-state index in [1.54, 1.807) is 43.3 Å². The van der Waals surface area contributed by atoms with Crippen LogP contribution in [0.3, 0.4) is 0 Å². The number of benzene rings is 1. The maximum absolute atomic E-state index is 13.2. The highest BCUT2D eigenvalue weighted by molar-refractivity contribution is 7.90. The molecule has 39 heavy (non-hydrogen) atoms. The van der Waals surface area contributed by atoms with Gasteiger partial charge in [-0.1, -0.05) is 5.16 Å². The quantitative estimate of drug-likeness (QED) is 0.420. The predicted octanol–water partition coefficient (Wildman–Crippen LogP) is 4.31. The maximum atomic E-state index is 13.2. The number of carbonyl (C=O) groups excluding carboxylic acids is 1. The summed E-state index contributed by atoms with van der Waals surface area (Å²) < 4.78 is 42.9. The largest absolute Gasteiger partial charge is 0.497 e. The summed E-state index contributed by atoms with van der Waals surface area (Å²) in [6.45, 7) is 4.65. The lowest BCUT2D eigenvalue weighted by molar-refractivity contribution is 0.0220. The minimum absolute atomic E-state index is 0.0334. The van der Waals surface area contributed by atoms with Gasteiger partial charge in [0, 0.05) is 25.5 Å². The summed E-state index contributed by atoms with van der Waals surface area (Å²) in [6, 6.07) is 7.12. The molecule has 10 nitrogen and oxygen atoms in total. The highest BCUT2D eigenvalue weighted by atomic mass is 32.2. The normalized spacial score (nSPS) is 17.8. The van der Waals surface area contributed by atoms with Crippen molar-refractivity contribution in [3.05, 3.63) is 59.5 Å². The molecular weight excluding hydrogens is 520 g/mol. The zero-order valence-electron chi connectivity index (χ0n) is 22.6. The van der Waals surface area contributed by atoms with Gasteiger partial charge in [0.05, 0.1) is 18.1 Å². The molecule has 1 aliphatic heterocycles. The molecule has 2 fully saturated rings. The number of amides is 1. The average molecular weight is 555 g/mol. The van der Waals surface area contributed by atoms with Gasteiger partial charge in [-0.05, 0) is 93.2 Å². The summed E-state index contributed by atoms with van der Waals surface area (Å²) in [5.74, 6) is 0.428. The van der Waals surface area contributed by atoms with E-state index in [4.69, 9.17) is 14.0 Å². The summed E-state index contributed by atoms with van der Waals surface area (Å²) in [4.78, 5) is 23.2. The van der Waals surface area contributed by atoms with Gasteiger partial charge in [0.15, 0.2) is 15.7 Å². The van der Waals surface area contributed by atoms with E-state index in [1.165, 1.54) is 7.11 Å². The van der Waals surface area contributed by atoms with Crippen LogP contribution in [0, 0.1) is 19.3 Å². The summed E-state index contributed by atoms with van der Waals surface area (Å²) in [6.07, 6.45) is 9.61. The molecule has 1 aromatic carbocycles. The number of likely N-dealkylation sites (tertiary alicyclic amines) is 1. The number of aromatic nitrogens is 3. The minimum Gasteiger partial charge on any atom is -0.497 e. The van der Waals surface area contributed by atoms with Gasteiger partial charge in [-0.2, -0.15) is 4.98 Å². The Kier molecular flexibility index (Phi) is 7.61. The molecule has 0 radical (unpaired) electrons. The first-order chi connectivity index (χ1) is 18.7. The highest BCUT2D eigenvalue weighted by Crippen LogP contribution is 2.45. The fourth-order valence-electron chi connectivity index (χ4n) is 5.91. The number of methoxy groups -OCH3 is 1. The zero-order chi connectivity index (χ0) is 27.6. The molecular formula is C28H34N4O6S. The van der Waals surface area contributed by atoms with Crippen LogP contribution in [0.4, 0.5) is 0 Å². The van der Waals surface area contributed by atoms with Gasteiger partial charge >= 0.3 is 11.8 Å². The Bertz CT molecular complexity index is 1400. The first-order valence-electron chi connectivity index (χ1n) is 13.2. The number of sulfone groups is 1. The van der Waals surface area contributed by atoms with E-state index in [9.17, 15) is 13.2 Å². The number of piperidine rings is 1. The van der Waals surface area contributed by atoms with Crippen molar-refractivity contribution in [2.45, 2.75) is 69.1 Å². The van der Waals surface area contributed by atoms with E-state index in [1.807, 2.05) is 12.1 Å². The van der Waals surface area contributed by atoms with Crippen LogP contribution in [0.5, 0.6) is 11.5 Å². The second kappa shape index (κ2) is 11.0. The van der Waals surface area contributed by atoms with Gasteiger partial charge in [-0.25, -0.2) is 8.42 Å². The van der Waals surface area contributed by atoms with Crippen molar-refractivity contribution in [1.82, 2.24) is 20.0 Å². The molecule has 0 atom stereocenters. The Labute approximate surface area is 228 Å². The van der Waals surface area contributed by atoms with Gasteiger partial charge < -0.3 is 18.9 Å². The first-order valence-corrected chi connectivity index (χ1v) is 14.9. The first kappa shape index (κ1) is 27.1. The van der Waals surface area contributed by atoms with Crippen LogP contribution < -0.4 is 9.47 Å². The number of aryl methyl sites for hydroxylation is 2. The third kappa shape index (κ3) is 5.93. The Morgan fingerprint density at radius 3 is 2.31 bits per heavy atom. The molecule has 1 saturated carbocycles. The molecule has 11 heteroatoms. The van der Waals surface area contributed by atoms with E-state index in [-0.39, 0.29) is 34.0 Å². The van der Waals surface area contributed by atoms with Gasteiger partial charge in [-0.3, -0.25) is 9.78 Å². The van der Waals surface area contributed by atoms with E-state index in [0.29, 0.717) is 30.0 Å². The Morgan fingerprint density at radius 2 is 1.69 bits per heavy atom. The lowest BCUT2D eigenvalue weighted by atomic mass is 9.67. The van der Waals surface area contributed by atoms with Crippen LogP contribution in [0.15, 0.2) is 46.1 Å². The van der Waals surface area contributed by atoms with Crippen molar-refractivity contribution in [3.63, 3.8) is 0 Å². The summed E-state index contributed by atoms with van der Waals surface area (Å²) in [5.41, 5.74) is 1.37. The van der Waals surface area contributed by atoms with E-state index in [2.05, 4.69) is 15.1 Å². The lowest BCUT2D eigenvalue weighted by Gasteiger charge is -2.45. The predicted molar refractivity (Wildman–Crippen MR) is 142 cm³/mol. The van der Waals surface area contributed by atoms with Crippen LogP contribution in [0.2, 0.25) is 0 Å². The fraction of sp³-hybridized carbons (Fsp3) is 0.500. The van der Waals surface area contributed by atoms with Crippen LogP contribution in [-0.2, 0) is 15.6 Å². The molecule has 0 N–H and O–H groups in total. The van der Waals surface area contributed by atoms with Gasteiger partial charge in [0.1, 0.15) is 17.3 Å². The van der Waals surface area contributed by atoms with Crippen LogP contribution in [0.1, 0.15) is 66.2 Å². The molecule has 5 rings (SSSR count). The number of hydrogen-bond acceptors (Lipinski definition) is 9. The Morgan fingerprint density at radius 1 is 1.05 bits per heavy atom. The summed E-state index contributed by atoms with van der Waals surface area (Å²) in [5, 5.41) is 3.81. The van der Waals surface area contributed by atoms with E-state index >= 15 is 0 Å². The monoisotopic (exact) mass is 554 g/mol. The topological polar surface area (TPSA) is 125 Å². The maximum Gasteiger partial charge on any atom is 0.316 e. The fourth-order valence-corrected chi connectivity index (χ4v) is 7.61. The molecule has 0 bridgehead atoms. The Hall–Kier alpha value is -3.47. The number of ether oxygens (including phenoxy) is 2. The second-order valence-corrected chi connectivity index (χ2v) is 12.6. The van der Waals surface area contributed by atoms with Crippen molar-refractivity contribution >= 4 is 15.7 Å². The molecule has 2 aliphatic rings. The van der Waals surface area contributed by atoms with Crippen molar-refractivity contribution < 1.29 is 27.2 Å². The van der Waals surface area contributed by atoms with Crippen LogP contribution in [0.25, 0.3) is 0 Å². The number of hydrogen-bond donors (Lipinski definition) is 0. The lowest BCUT2D eigenvalue weighted by Crippen LogP contribution is -2.45. The molecule has 3 heterocycles. The molecule has 0 unspecified atom stereocenters. The van der Waals surface area contributed by atoms with E-state index < -0.39 is 15.6 Å². The summed E-state index contributed by atoms with van der Waals surface area (Å²) in [7, 11) is -2.22. The smallest absolute Gasteiger partial charge is 0.316 e. The number of rotatable bonds is 7. The molecule has 1 aliphatic carbocycles. The van der Waals surface area contributed by atoms with Crippen LogP contribution >= 0.6 is 0 Å². The van der Waals surface area contributed by atoms with Gasteiger partial charge in [0.25, 0.3) is 0 Å². The molecule has 3 aromatic rings. The number of nitrogens with zero attached hydrogens (tertiary/aromatic N) is 4.